The lowest BCUT2D eigenvalue weighted by molar-refractivity contribution is -0.392. The van der Waals surface area contributed by atoms with Crippen LogP contribution in [-0.2, 0) is 16.1 Å². The fraction of sp³-hybridized carbons (Fsp3) is 0.636. The minimum atomic E-state index is -0.899. The Kier molecular flexibility index (Phi) is 4.30. The minimum Gasteiger partial charge on any atom is -0.387 e. The quantitative estimate of drug-likeness (QED) is 0.566. The number of aliphatic hydroxyl groups excluding tert-OH is 1. The molecular formula is C11H16N4O5. The molecule has 110 valence electrons. The van der Waals surface area contributed by atoms with E-state index in [1.165, 1.54) is 9.47 Å². The second-order valence-electron chi connectivity index (χ2n) is 4.58. The van der Waals surface area contributed by atoms with Gasteiger partial charge in [0.2, 0.25) is 5.91 Å². The molecule has 20 heavy (non-hydrogen) atoms. The third-order valence-corrected chi connectivity index (χ3v) is 3.13. The van der Waals surface area contributed by atoms with E-state index < -0.39 is 11.0 Å². The summed E-state index contributed by atoms with van der Waals surface area (Å²) in [5.41, 5.74) is 0. The number of rotatable bonds is 5. The van der Waals surface area contributed by atoms with Crippen molar-refractivity contribution in [3.63, 3.8) is 0 Å². The summed E-state index contributed by atoms with van der Waals surface area (Å²) in [6.07, 6.45) is 0.255. The molecule has 9 nitrogen and oxygen atoms in total. The third kappa shape index (κ3) is 3.11. The van der Waals surface area contributed by atoms with Crippen LogP contribution in [0.1, 0.15) is 5.82 Å². The van der Waals surface area contributed by atoms with Gasteiger partial charge in [-0.25, -0.2) is 9.55 Å². The van der Waals surface area contributed by atoms with Crippen LogP contribution in [0.4, 0.5) is 5.82 Å². The molecule has 1 N–H and O–H groups in total. The first-order valence-electron chi connectivity index (χ1n) is 6.19. The molecule has 0 saturated carbocycles. The van der Waals surface area contributed by atoms with Gasteiger partial charge in [0.1, 0.15) is 25.5 Å². The Hall–Kier alpha value is -2.00. The lowest BCUT2D eigenvalue weighted by atomic mass is 10.3. The number of aromatic nitrogens is 2. The van der Waals surface area contributed by atoms with Gasteiger partial charge >= 0.3 is 5.82 Å². The molecule has 0 radical (unpaired) electrons. The van der Waals surface area contributed by atoms with Crippen LogP contribution in [0.5, 0.6) is 0 Å². The number of hydrogen-bond acceptors (Lipinski definition) is 6. The van der Waals surface area contributed by atoms with Crippen molar-refractivity contribution in [1.82, 2.24) is 14.5 Å². The highest BCUT2D eigenvalue weighted by Crippen LogP contribution is 2.14. The van der Waals surface area contributed by atoms with E-state index >= 15 is 0 Å². The molecular weight excluding hydrogens is 268 g/mol. The van der Waals surface area contributed by atoms with Gasteiger partial charge in [0.05, 0.1) is 13.2 Å². The van der Waals surface area contributed by atoms with Crippen LogP contribution in [0.3, 0.4) is 0 Å². The summed E-state index contributed by atoms with van der Waals surface area (Å²) in [6, 6.07) is 0. The van der Waals surface area contributed by atoms with Crippen molar-refractivity contribution in [2.75, 3.05) is 26.3 Å². The van der Waals surface area contributed by atoms with Crippen LogP contribution in [0, 0.1) is 17.0 Å². The standard InChI is InChI=1S/C11H16N4O5/c1-8-12-4-10(15(18)19)14(8)6-9(16)5-13-2-3-20-7-11(13)17/h4,9,16H,2-3,5-7H2,1H3. The molecule has 2 rings (SSSR count). The van der Waals surface area contributed by atoms with E-state index in [-0.39, 0.29) is 31.4 Å². The van der Waals surface area contributed by atoms with E-state index in [0.29, 0.717) is 19.0 Å². The van der Waals surface area contributed by atoms with E-state index in [9.17, 15) is 20.0 Å². The van der Waals surface area contributed by atoms with Crippen molar-refractivity contribution in [3.05, 3.63) is 22.1 Å². The fourth-order valence-electron chi connectivity index (χ4n) is 2.09. The van der Waals surface area contributed by atoms with Gasteiger partial charge in [-0.05, 0) is 4.92 Å². The number of nitrogens with zero attached hydrogens (tertiary/aromatic N) is 4. The molecule has 1 atom stereocenters. The number of ether oxygens (including phenoxy) is 1. The van der Waals surface area contributed by atoms with Gasteiger partial charge in [-0.2, -0.15) is 0 Å². The highest BCUT2D eigenvalue weighted by atomic mass is 16.6. The number of carbonyl (C=O) groups excluding carboxylic acids is 1. The average molecular weight is 284 g/mol. The molecule has 0 bridgehead atoms. The third-order valence-electron chi connectivity index (χ3n) is 3.13. The number of morpholine rings is 1. The van der Waals surface area contributed by atoms with Crippen molar-refractivity contribution in [2.24, 2.45) is 0 Å². The van der Waals surface area contributed by atoms with Gasteiger partial charge in [0.25, 0.3) is 0 Å². The summed E-state index contributed by atoms with van der Waals surface area (Å²) in [5, 5.41) is 20.9. The maximum atomic E-state index is 11.5. The maximum Gasteiger partial charge on any atom is 0.342 e. The van der Waals surface area contributed by atoms with Crippen molar-refractivity contribution in [2.45, 2.75) is 19.6 Å². The Bertz CT molecular complexity index is 515. The van der Waals surface area contributed by atoms with E-state index in [4.69, 9.17) is 4.74 Å². The van der Waals surface area contributed by atoms with Gasteiger partial charge in [-0.3, -0.25) is 4.79 Å². The Morgan fingerprint density at radius 3 is 3.00 bits per heavy atom. The predicted molar refractivity (Wildman–Crippen MR) is 67.0 cm³/mol. The molecule has 9 heteroatoms. The van der Waals surface area contributed by atoms with Gasteiger partial charge in [-0.15, -0.1) is 0 Å². The molecule has 0 spiro atoms. The first kappa shape index (κ1) is 14.4. The van der Waals surface area contributed by atoms with Gasteiger partial charge in [0.15, 0.2) is 5.82 Å². The van der Waals surface area contributed by atoms with Crippen LogP contribution in [-0.4, -0.2) is 62.8 Å². The Morgan fingerprint density at radius 2 is 2.35 bits per heavy atom. The number of β-amino-alcohol motifs (C(OH)–C–C–N with tert-alkyl or cyclic N) is 1. The summed E-state index contributed by atoms with van der Waals surface area (Å²) in [5.74, 6) is 0.0889. The SMILES string of the molecule is Cc1ncc([N+](=O)[O-])n1CC(O)CN1CCOCC1=O. The van der Waals surface area contributed by atoms with Crippen molar-refractivity contribution >= 4 is 11.7 Å². The minimum absolute atomic E-state index is 0.0109. The monoisotopic (exact) mass is 284 g/mol. The fourth-order valence-corrected chi connectivity index (χ4v) is 2.09. The zero-order chi connectivity index (χ0) is 14.7. The molecule has 1 aliphatic heterocycles. The first-order valence-corrected chi connectivity index (χ1v) is 6.19. The highest BCUT2D eigenvalue weighted by molar-refractivity contribution is 5.78. The highest BCUT2D eigenvalue weighted by Gasteiger charge is 2.25. The van der Waals surface area contributed by atoms with Crippen LogP contribution < -0.4 is 0 Å². The molecule has 1 aromatic heterocycles. The lowest BCUT2D eigenvalue weighted by Gasteiger charge is -2.28. The van der Waals surface area contributed by atoms with E-state index in [1.807, 2.05) is 0 Å². The molecule has 1 amide bonds. The smallest absolute Gasteiger partial charge is 0.342 e. The molecule has 0 aliphatic carbocycles. The predicted octanol–water partition coefficient (Wildman–Crippen LogP) is -0.681. The largest absolute Gasteiger partial charge is 0.387 e. The topological polar surface area (TPSA) is 111 Å². The Balaban J connectivity index is 2.01. The van der Waals surface area contributed by atoms with Crippen molar-refractivity contribution in [1.29, 1.82) is 0 Å². The maximum absolute atomic E-state index is 11.5. The average Bonchev–Trinajstić information content (AvgIpc) is 2.74. The van der Waals surface area contributed by atoms with Gasteiger partial charge in [0, 0.05) is 13.5 Å². The van der Waals surface area contributed by atoms with Crippen LogP contribution in [0.15, 0.2) is 6.20 Å². The van der Waals surface area contributed by atoms with Gasteiger partial charge in [-0.1, -0.05) is 0 Å². The molecule has 2 heterocycles. The van der Waals surface area contributed by atoms with E-state index in [1.54, 1.807) is 6.92 Å². The number of imidazole rings is 1. The summed E-state index contributed by atoms with van der Waals surface area (Å²) in [7, 11) is 0. The zero-order valence-electron chi connectivity index (χ0n) is 11.1. The summed E-state index contributed by atoms with van der Waals surface area (Å²) in [6.45, 7) is 2.63. The summed E-state index contributed by atoms with van der Waals surface area (Å²) in [4.78, 5) is 27.2. The van der Waals surface area contributed by atoms with Crippen LogP contribution in [0.2, 0.25) is 0 Å². The number of aliphatic hydroxyl groups is 1. The molecule has 1 aromatic rings. The summed E-state index contributed by atoms with van der Waals surface area (Å²) < 4.78 is 6.32. The molecule has 0 aromatic carbocycles. The van der Waals surface area contributed by atoms with Crippen molar-refractivity contribution in [3.8, 4) is 0 Å². The second kappa shape index (κ2) is 5.97. The van der Waals surface area contributed by atoms with E-state index in [2.05, 4.69) is 4.98 Å². The zero-order valence-corrected chi connectivity index (χ0v) is 11.1. The van der Waals surface area contributed by atoms with Gasteiger partial charge < -0.3 is 24.9 Å². The normalized spacial score (nSPS) is 17.3. The number of nitro groups is 1. The number of amides is 1. The molecule has 1 aliphatic rings. The van der Waals surface area contributed by atoms with E-state index in [0.717, 1.165) is 6.20 Å². The Labute approximate surface area is 114 Å². The van der Waals surface area contributed by atoms with Crippen molar-refractivity contribution < 1.29 is 19.6 Å². The second-order valence-corrected chi connectivity index (χ2v) is 4.58. The number of hydrogen-bond donors (Lipinski definition) is 1. The molecule has 1 saturated heterocycles. The molecule has 1 fully saturated rings. The first-order chi connectivity index (χ1) is 9.49. The summed E-state index contributed by atoms with van der Waals surface area (Å²) >= 11 is 0. The lowest BCUT2D eigenvalue weighted by Crippen LogP contribution is -2.46. The van der Waals surface area contributed by atoms with Crippen LogP contribution in [0.25, 0.3) is 0 Å². The number of aryl methyl sites for hydroxylation is 1. The number of carbonyl (C=O) groups is 1. The van der Waals surface area contributed by atoms with Crippen LogP contribution >= 0.6 is 0 Å². The Morgan fingerprint density at radius 1 is 1.60 bits per heavy atom. The molecule has 1 unspecified atom stereocenters.